The molecule has 688 valence electrons. The number of para-hydroxylation sites is 3. The summed E-state index contributed by atoms with van der Waals surface area (Å²) < 4.78 is 73.6. The fourth-order valence-electron chi connectivity index (χ4n) is 21.7. The van der Waals surface area contributed by atoms with Crippen molar-refractivity contribution in [2.24, 2.45) is 0 Å². The molecule has 0 fully saturated rings. The lowest BCUT2D eigenvalue weighted by atomic mass is 9.33. The second kappa shape index (κ2) is 33.8. The SMILES string of the molecule is [2H]c1c([2H])c([2H])c2c(c1[2H])c1c([2H])c(-c3ccccc3)c([2H])c([2H])c1n2-c1ccc2c(c1)N(c1c(-c3cccc(C(C)(C)C)c3)cc(C(C)(C)C)cc1-c1cccc(C(C)(C)C)c1)c1cc(-c3ccc4c(c3)C(C)(C)c3ccccc3N4c3ccccc3)cc3c1B2c1cc(-c2cc(-c4ccccc4)cc(-c4ccccc4)c2)ccc1N3c1c(-c2cccc(C(C)(C)C)c2)cc(C(C)(C)C)cc1-c1cccc(C(C)(C)C)c1. The molecule has 18 aromatic carbocycles. The first kappa shape index (κ1) is 82.3. The molecule has 0 spiro atoms. The highest BCUT2D eigenvalue weighted by Crippen LogP contribution is 2.59. The minimum Gasteiger partial charge on any atom is -0.310 e. The molecule has 19 aromatic rings. The molecule has 0 saturated carbocycles. The molecule has 22 rings (SSSR count). The number of benzene rings is 18. The molecule has 5 heteroatoms. The Morgan fingerprint density at radius 1 is 0.236 bits per heavy atom. The number of nitrogens with zero attached hydrogens (tertiary/aromatic N) is 4. The highest BCUT2D eigenvalue weighted by atomic mass is 15.2. The maximum absolute atomic E-state index is 10.7. The van der Waals surface area contributed by atoms with Crippen molar-refractivity contribution in [1.29, 1.82) is 0 Å². The van der Waals surface area contributed by atoms with Crippen molar-refractivity contribution in [3.63, 3.8) is 0 Å². The number of rotatable bonds is 13. The van der Waals surface area contributed by atoms with Crippen molar-refractivity contribution in [2.75, 3.05) is 14.7 Å². The smallest absolute Gasteiger partial charge is 0.252 e. The number of aromatic nitrogens is 1. The number of fused-ring (bicyclic) bond motifs is 9. The molecule has 1 aromatic heterocycles. The van der Waals surface area contributed by atoms with Gasteiger partial charge in [0, 0.05) is 72.6 Å². The van der Waals surface area contributed by atoms with E-state index in [9.17, 15) is 9.60 Å². The van der Waals surface area contributed by atoms with Gasteiger partial charge in [0.2, 0.25) is 0 Å². The van der Waals surface area contributed by atoms with E-state index in [1.807, 2.05) is 30.3 Å². The molecule has 0 aliphatic carbocycles. The maximum atomic E-state index is 10.7. The van der Waals surface area contributed by atoms with Crippen molar-refractivity contribution in [3.05, 3.63) is 439 Å². The van der Waals surface area contributed by atoms with Crippen LogP contribution < -0.4 is 31.1 Å². The van der Waals surface area contributed by atoms with E-state index in [0.29, 0.717) is 11.3 Å². The Morgan fingerprint density at radius 3 is 1.09 bits per heavy atom. The van der Waals surface area contributed by atoms with Crippen LogP contribution in [0.15, 0.2) is 394 Å². The summed E-state index contributed by atoms with van der Waals surface area (Å²) in [4.78, 5) is 7.72. The average Bonchev–Trinajstić information content (AvgIpc) is 0.903. The second-order valence-electron chi connectivity index (χ2n) is 45.7. The van der Waals surface area contributed by atoms with Crippen molar-refractivity contribution >= 4 is 96.1 Å². The lowest BCUT2D eigenvalue weighted by molar-refractivity contribution is 0.589. The zero-order valence-corrected chi connectivity index (χ0v) is 84.4. The van der Waals surface area contributed by atoms with Gasteiger partial charge in [-0.25, -0.2) is 0 Å². The van der Waals surface area contributed by atoms with Crippen LogP contribution in [0.2, 0.25) is 0 Å². The molecule has 4 heterocycles. The molecule has 0 N–H and O–H groups in total. The summed E-state index contributed by atoms with van der Waals surface area (Å²) in [6.45, 7) is 45.8. The summed E-state index contributed by atoms with van der Waals surface area (Å²) in [6.07, 6.45) is 0. The van der Waals surface area contributed by atoms with Crippen molar-refractivity contribution in [2.45, 2.75) is 176 Å². The van der Waals surface area contributed by atoms with Crippen LogP contribution in [0.4, 0.5) is 51.2 Å². The quantitative estimate of drug-likeness (QED) is 0.107. The Hall–Kier alpha value is -14.8. The predicted octanol–water partition coefficient (Wildman–Crippen LogP) is 35.8. The molecule has 0 bridgehead atoms. The van der Waals surface area contributed by atoms with E-state index >= 15 is 0 Å². The van der Waals surface area contributed by atoms with Crippen LogP contribution in [0.3, 0.4) is 0 Å². The third kappa shape index (κ3) is 16.0. The average molecular weight is 1820 g/mol. The summed E-state index contributed by atoms with van der Waals surface area (Å²) in [5.41, 5.74) is 36.6. The van der Waals surface area contributed by atoms with Gasteiger partial charge in [0.25, 0.3) is 6.71 Å². The van der Waals surface area contributed by atoms with Crippen LogP contribution in [0.25, 0.3) is 128 Å². The molecular weight excluding hydrogens is 1690 g/mol. The maximum Gasteiger partial charge on any atom is 0.252 e. The second-order valence-corrected chi connectivity index (χ2v) is 45.7. The standard InChI is InChI=1S/C135H125BN4/c1-129(2,3)100-51-37-47-92(72-100)109-81-104(133(13,14)15)82-110(93-48-38-52-101(73-93)130(4,5)6)127(109)139-122-68-63-91(98-70-96(87-43-27-22-28-44-87)69-97(71-98)88-45-29-23-30-46-88)78-117(122)136-116-65-64-107(138-118-59-35-33-57-108(118)113-76-89(61-66-119(113)138)86-41-25-21-26-42-86)85-123(116)140(128-111(94-49-39-53-102(74-94)131(7,8)9)83-105(134(16,17)18)84-112(128)95-50-40-54-103(75-95)132(10,11)12)125-80-99(79-124(139)126(125)136)90-62-67-121-115(77-90)135(19,20)114-58-34-36-60-120(114)137(121)106-55-31-24-32-56-106/h21-85H,1-20H3/i33D,35D,57D,59D,61D,66D,76D. The molecule has 3 aliphatic rings. The Bertz CT molecular complexity index is 8370. The molecule has 0 saturated heterocycles. The monoisotopic (exact) mass is 1820 g/mol. The van der Waals surface area contributed by atoms with Gasteiger partial charge < -0.3 is 19.3 Å². The van der Waals surface area contributed by atoms with Gasteiger partial charge in [-0.3, -0.25) is 0 Å². The van der Waals surface area contributed by atoms with Gasteiger partial charge >= 0.3 is 0 Å². The largest absolute Gasteiger partial charge is 0.310 e. The number of hydrogen-bond donors (Lipinski definition) is 0. The van der Waals surface area contributed by atoms with E-state index in [0.717, 1.165) is 179 Å². The van der Waals surface area contributed by atoms with Crippen LogP contribution in [0.1, 0.15) is 193 Å². The van der Waals surface area contributed by atoms with Crippen LogP contribution in [-0.2, 0) is 37.9 Å². The van der Waals surface area contributed by atoms with Crippen molar-refractivity contribution in [1.82, 2.24) is 4.57 Å². The summed E-state index contributed by atoms with van der Waals surface area (Å²) in [5.74, 6) is 0. The Labute approximate surface area is 840 Å². The molecule has 0 radical (unpaired) electrons. The Balaban J connectivity index is 0.979. The van der Waals surface area contributed by atoms with Gasteiger partial charge in [-0.15, -0.1) is 0 Å². The topological polar surface area (TPSA) is 14.7 Å². The van der Waals surface area contributed by atoms with E-state index in [1.165, 1.54) is 22.3 Å². The minimum atomic E-state index is -0.640. The highest BCUT2D eigenvalue weighted by molar-refractivity contribution is 7.00. The van der Waals surface area contributed by atoms with Gasteiger partial charge in [0.1, 0.15) is 0 Å². The van der Waals surface area contributed by atoms with E-state index in [2.05, 4.69) is 475 Å². The fourth-order valence-corrected chi connectivity index (χ4v) is 21.7. The fraction of sp³-hybridized carbons (Fsp3) is 0.200. The van der Waals surface area contributed by atoms with Crippen LogP contribution in [0.5, 0.6) is 0 Å². The van der Waals surface area contributed by atoms with E-state index in [-0.39, 0.29) is 84.7 Å². The van der Waals surface area contributed by atoms with E-state index in [1.54, 1.807) is 4.57 Å². The first-order valence-electron chi connectivity index (χ1n) is 53.2. The summed E-state index contributed by atoms with van der Waals surface area (Å²) in [5, 5.41) is 0.244. The number of hydrogen-bond acceptors (Lipinski definition) is 3. The normalized spacial score (nSPS) is 14.3. The van der Waals surface area contributed by atoms with Crippen LogP contribution in [-0.4, -0.2) is 11.3 Å². The molecule has 3 aliphatic heterocycles. The zero-order valence-electron chi connectivity index (χ0n) is 91.4. The predicted molar refractivity (Wildman–Crippen MR) is 603 cm³/mol. The Morgan fingerprint density at radius 2 is 0.621 bits per heavy atom. The van der Waals surface area contributed by atoms with Crippen LogP contribution in [0, 0.1) is 0 Å². The molecule has 0 atom stereocenters. The van der Waals surface area contributed by atoms with Crippen molar-refractivity contribution in [3.8, 4) is 106 Å². The molecule has 0 unspecified atom stereocenters. The zero-order chi connectivity index (χ0) is 103. The third-order valence-corrected chi connectivity index (χ3v) is 29.6. The molecule has 0 amide bonds. The van der Waals surface area contributed by atoms with Gasteiger partial charge in [-0.05, 0) is 293 Å². The third-order valence-electron chi connectivity index (χ3n) is 29.6. The lowest BCUT2D eigenvalue weighted by Gasteiger charge is -2.46. The molecule has 140 heavy (non-hydrogen) atoms. The van der Waals surface area contributed by atoms with Crippen LogP contribution >= 0.6 is 0 Å². The summed E-state index contributed by atoms with van der Waals surface area (Å²) in [7, 11) is 0. The summed E-state index contributed by atoms with van der Waals surface area (Å²) >= 11 is 0. The number of anilines is 9. The lowest BCUT2D eigenvalue weighted by Crippen LogP contribution is -2.61. The first-order chi connectivity index (χ1) is 69.9. The van der Waals surface area contributed by atoms with Crippen molar-refractivity contribution < 1.29 is 9.60 Å². The van der Waals surface area contributed by atoms with Gasteiger partial charge in [-0.1, -0.05) is 411 Å². The summed E-state index contributed by atoms with van der Waals surface area (Å²) in [6, 6.07) is 128. The van der Waals surface area contributed by atoms with E-state index < -0.39 is 29.6 Å². The van der Waals surface area contributed by atoms with E-state index in [4.69, 9.17) is 0 Å². The van der Waals surface area contributed by atoms with Gasteiger partial charge in [-0.2, -0.15) is 0 Å². The highest BCUT2D eigenvalue weighted by Gasteiger charge is 2.48. The Kier molecular flexibility index (Phi) is 19.9. The van der Waals surface area contributed by atoms with Gasteiger partial charge in [0.15, 0.2) is 0 Å². The van der Waals surface area contributed by atoms with Gasteiger partial charge in [0.05, 0.1) is 43.4 Å². The first-order valence-corrected chi connectivity index (χ1v) is 49.7. The molecule has 4 nitrogen and oxygen atoms in total. The molecular formula is C135H125BN4. The minimum absolute atomic E-state index is 0.0913.